The van der Waals surface area contributed by atoms with Crippen LogP contribution < -0.4 is 16.3 Å². The Hall–Kier alpha value is -3.36. The summed E-state index contributed by atoms with van der Waals surface area (Å²) in [5.74, 6) is -0.662. The number of hydrogen-bond donors (Lipinski definition) is 1. The molecule has 1 aliphatic heterocycles. The molecule has 0 atom stereocenters. The number of amides is 1. The lowest BCUT2D eigenvalue weighted by atomic mass is 10.1. The number of aryl methyl sites for hydroxylation is 2. The topological polar surface area (TPSA) is 142 Å². The van der Waals surface area contributed by atoms with Crippen molar-refractivity contribution in [1.29, 1.82) is 0 Å². The van der Waals surface area contributed by atoms with Crippen LogP contribution in [0.15, 0.2) is 27.4 Å². The zero-order chi connectivity index (χ0) is 33.6. The van der Waals surface area contributed by atoms with Crippen LogP contribution in [0.5, 0.6) is 0 Å². The third-order valence-electron chi connectivity index (χ3n) is 8.23. The maximum atomic E-state index is 13.9. The van der Waals surface area contributed by atoms with Gasteiger partial charge in [0.15, 0.2) is 0 Å². The van der Waals surface area contributed by atoms with Crippen molar-refractivity contribution in [2.75, 3.05) is 110 Å². The zero-order valence-corrected chi connectivity index (χ0v) is 28.2. The first-order valence-electron chi connectivity index (χ1n) is 16.3. The first kappa shape index (κ1) is 37.1. The molecular formula is C33H52N6O7. The summed E-state index contributed by atoms with van der Waals surface area (Å²) < 4.78 is 15.9. The average Bonchev–Trinajstić information content (AvgIpc) is 2.99. The van der Waals surface area contributed by atoms with E-state index in [0.29, 0.717) is 96.5 Å². The van der Waals surface area contributed by atoms with Crippen molar-refractivity contribution in [3.63, 3.8) is 0 Å². The highest BCUT2D eigenvalue weighted by molar-refractivity contribution is 5.98. The Labute approximate surface area is 272 Å². The summed E-state index contributed by atoms with van der Waals surface area (Å²) >= 11 is 0. The number of rotatable bonds is 12. The fraction of sp³-hybridized carbons (Fsp3) is 0.636. The summed E-state index contributed by atoms with van der Waals surface area (Å²) in [6, 6.07) is 5.21. The van der Waals surface area contributed by atoms with Gasteiger partial charge in [-0.25, -0.2) is 4.79 Å². The number of nitrogens with zero attached hydrogens (tertiary/aromatic N) is 5. The fourth-order valence-corrected chi connectivity index (χ4v) is 5.75. The molecule has 0 spiro atoms. The van der Waals surface area contributed by atoms with Crippen LogP contribution in [0.1, 0.15) is 31.9 Å². The molecule has 1 amide bonds. The molecule has 2 heterocycles. The van der Waals surface area contributed by atoms with Crippen LogP contribution in [0.4, 0.5) is 5.69 Å². The summed E-state index contributed by atoms with van der Waals surface area (Å²) in [6.45, 7) is 16.8. The number of anilines is 1. The number of hydrogen-bond acceptors (Lipinski definition) is 12. The van der Waals surface area contributed by atoms with Crippen LogP contribution in [0.2, 0.25) is 0 Å². The summed E-state index contributed by atoms with van der Waals surface area (Å²) in [4.78, 5) is 61.0. The molecule has 1 saturated heterocycles. The summed E-state index contributed by atoms with van der Waals surface area (Å²) in [7, 11) is 0. The molecule has 13 heteroatoms. The second-order valence-electron chi connectivity index (χ2n) is 11.6. The Morgan fingerprint density at radius 3 is 1.74 bits per heavy atom. The van der Waals surface area contributed by atoms with E-state index < -0.39 is 5.63 Å². The van der Waals surface area contributed by atoms with Gasteiger partial charge in [-0.3, -0.25) is 34.0 Å². The standard InChI is InChI=1S/C33H52N6O7/c1-6-39(28-21-29-27(19-26(28)5)25(4)20-31(41)46-29)30(40)22-36-13-11-35(10-9-34)12-14-37(23-32(42)44-7-2)17-18-38(16-15-36)24-33(43)45-8-3/h19-21H,6-18,22-24,34H2,1-5H3. The number of ether oxygens (including phenoxy) is 2. The van der Waals surface area contributed by atoms with E-state index in [1.807, 2.05) is 31.7 Å². The Morgan fingerprint density at radius 1 is 0.761 bits per heavy atom. The smallest absolute Gasteiger partial charge is 0.336 e. The van der Waals surface area contributed by atoms with Crippen molar-refractivity contribution in [2.45, 2.75) is 34.6 Å². The predicted octanol–water partition coefficient (Wildman–Crippen LogP) is 1.07. The summed E-state index contributed by atoms with van der Waals surface area (Å²) in [6.07, 6.45) is 0. The number of benzene rings is 1. The molecule has 1 aromatic carbocycles. The SMILES string of the molecule is CCOC(=O)CN1CCN(CCN)CCN(CC(=O)N(CC)c2cc3oc(=O)cc(C)c3cc2C)CCN(CC(=O)OCC)CC1. The average molecular weight is 645 g/mol. The maximum Gasteiger partial charge on any atom is 0.336 e. The molecule has 0 unspecified atom stereocenters. The largest absolute Gasteiger partial charge is 0.465 e. The van der Waals surface area contributed by atoms with Gasteiger partial charge in [0.2, 0.25) is 5.91 Å². The zero-order valence-electron chi connectivity index (χ0n) is 28.2. The minimum Gasteiger partial charge on any atom is -0.465 e. The van der Waals surface area contributed by atoms with Crippen LogP contribution in [0.25, 0.3) is 11.0 Å². The predicted molar refractivity (Wildman–Crippen MR) is 178 cm³/mol. The number of likely N-dealkylation sites (N-methyl/N-ethyl adjacent to an activating group) is 1. The molecule has 2 aromatic rings. The number of esters is 2. The molecule has 1 fully saturated rings. The van der Waals surface area contributed by atoms with Crippen molar-refractivity contribution in [2.24, 2.45) is 5.73 Å². The van der Waals surface area contributed by atoms with Crippen LogP contribution >= 0.6 is 0 Å². The highest BCUT2D eigenvalue weighted by Crippen LogP contribution is 2.28. The minimum absolute atomic E-state index is 0.0741. The monoisotopic (exact) mass is 644 g/mol. The van der Waals surface area contributed by atoms with Crippen LogP contribution in [0, 0.1) is 13.8 Å². The number of carbonyl (C=O) groups is 3. The lowest BCUT2D eigenvalue weighted by Gasteiger charge is -2.34. The molecule has 0 radical (unpaired) electrons. The normalized spacial score (nSPS) is 16.5. The van der Waals surface area contributed by atoms with Crippen LogP contribution in [-0.2, 0) is 23.9 Å². The number of fused-ring (bicyclic) bond motifs is 1. The van der Waals surface area contributed by atoms with Crippen molar-refractivity contribution in [3.05, 3.63) is 39.7 Å². The van der Waals surface area contributed by atoms with E-state index in [4.69, 9.17) is 19.6 Å². The van der Waals surface area contributed by atoms with E-state index in [0.717, 1.165) is 16.5 Å². The van der Waals surface area contributed by atoms with Gasteiger partial charge in [0.25, 0.3) is 0 Å². The molecule has 46 heavy (non-hydrogen) atoms. The van der Waals surface area contributed by atoms with E-state index in [-0.39, 0.29) is 37.5 Å². The van der Waals surface area contributed by atoms with E-state index in [1.165, 1.54) is 6.07 Å². The highest BCUT2D eigenvalue weighted by atomic mass is 16.5. The molecular weight excluding hydrogens is 592 g/mol. The van der Waals surface area contributed by atoms with E-state index in [1.54, 1.807) is 24.8 Å². The molecule has 13 nitrogen and oxygen atoms in total. The van der Waals surface area contributed by atoms with Gasteiger partial charge in [-0.2, -0.15) is 0 Å². The van der Waals surface area contributed by atoms with Crippen molar-refractivity contribution in [3.8, 4) is 0 Å². The third kappa shape index (κ3) is 11.2. The molecule has 2 N–H and O–H groups in total. The third-order valence-corrected chi connectivity index (χ3v) is 8.23. The van der Waals surface area contributed by atoms with Gasteiger partial charge in [0.05, 0.1) is 38.5 Å². The Balaban J connectivity index is 1.83. The van der Waals surface area contributed by atoms with E-state index >= 15 is 0 Å². The fourth-order valence-electron chi connectivity index (χ4n) is 5.75. The number of nitrogens with two attached hydrogens (primary N) is 1. The first-order valence-corrected chi connectivity index (χ1v) is 16.3. The second-order valence-corrected chi connectivity index (χ2v) is 11.6. The van der Waals surface area contributed by atoms with Gasteiger partial charge >= 0.3 is 17.6 Å². The van der Waals surface area contributed by atoms with Gasteiger partial charge < -0.3 is 24.5 Å². The van der Waals surface area contributed by atoms with Gasteiger partial charge in [-0.1, -0.05) is 0 Å². The van der Waals surface area contributed by atoms with Crippen molar-refractivity contribution < 1.29 is 28.3 Å². The van der Waals surface area contributed by atoms with Gasteiger partial charge in [0.1, 0.15) is 5.58 Å². The maximum absolute atomic E-state index is 13.9. The van der Waals surface area contributed by atoms with E-state index in [2.05, 4.69) is 14.7 Å². The number of carbonyl (C=O) groups excluding carboxylic acids is 3. The molecule has 3 rings (SSSR count). The quantitative estimate of drug-likeness (QED) is 0.261. The Bertz CT molecular complexity index is 1370. The molecule has 256 valence electrons. The molecule has 0 saturated carbocycles. The van der Waals surface area contributed by atoms with Crippen LogP contribution in [0.3, 0.4) is 0 Å². The molecule has 1 aliphatic rings. The van der Waals surface area contributed by atoms with Gasteiger partial charge in [-0.05, 0) is 51.8 Å². The second kappa shape index (κ2) is 18.7. The Morgan fingerprint density at radius 2 is 1.26 bits per heavy atom. The summed E-state index contributed by atoms with van der Waals surface area (Å²) in [5, 5.41) is 0.843. The van der Waals surface area contributed by atoms with Gasteiger partial charge in [0, 0.05) is 89.5 Å². The lowest BCUT2D eigenvalue weighted by Crippen LogP contribution is -2.50. The van der Waals surface area contributed by atoms with Gasteiger partial charge in [-0.15, -0.1) is 0 Å². The molecule has 0 aliphatic carbocycles. The molecule has 1 aromatic heterocycles. The minimum atomic E-state index is -0.424. The highest BCUT2D eigenvalue weighted by Gasteiger charge is 2.24. The van der Waals surface area contributed by atoms with Crippen LogP contribution in [-0.4, -0.2) is 142 Å². The van der Waals surface area contributed by atoms with Crippen molar-refractivity contribution in [1.82, 2.24) is 19.6 Å². The first-order chi connectivity index (χ1) is 22.1. The van der Waals surface area contributed by atoms with Crippen molar-refractivity contribution >= 4 is 34.5 Å². The van der Waals surface area contributed by atoms with E-state index in [9.17, 15) is 19.2 Å². The molecule has 0 bridgehead atoms. The lowest BCUT2D eigenvalue weighted by molar-refractivity contribution is -0.146. The summed E-state index contributed by atoms with van der Waals surface area (Å²) in [5.41, 5.74) is 8.42. The Kier molecular flexibility index (Phi) is 15.1.